The van der Waals surface area contributed by atoms with Crippen molar-refractivity contribution in [1.29, 1.82) is 5.26 Å². The van der Waals surface area contributed by atoms with Crippen molar-refractivity contribution in [2.24, 2.45) is 0 Å². The van der Waals surface area contributed by atoms with Crippen LogP contribution in [0.4, 0.5) is 11.4 Å². The zero-order chi connectivity index (χ0) is 16.8. The van der Waals surface area contributed by atoms with E-state index in [1.807, 2.05) is 6.07 Å². The third-order valence-corrected chi connectivity index (χ3v) is 3.32. The number of rotatable bonds is 6. The molecule has 0 heterocycles. The Morgan fingerprint density at radius 3 is 2.78 bits per heavy atom. The Labute approximate surface area is 132 Å². The molecular weight excluding hydrogens is 298 g/mol. The van der Waals surface area contributed by atoms with Crippen LogP contribution in [0.2, 0.25) is 0 Å². The molecule has 0 unspecified atom stereocenters. The van der Waals surface area contributed by atoms with Crippen LogP contribution < -0.4 is 10.1 Å². The number of para-hydroxylation sites is 1. The lowest BCUT2D eigenvalue weighted by molar-refractivity contribution is -0.384. The van der Waals surface area contributed by atoms with Gasteiger partial charge < -0.3 is 15.2 Å². The number of benzene rings is 2. The first-order chi connectivity index (χ1) is 11.1. The summed E-state index contributed by atoms with van der Waals surface area (Å²) in [5, 5.41) is 33.0. The molecule has 118 valence electrons. The highest BCUT2D eigenvalue weighted by Gasteiger charge is 2.15. The summed E-state index contributed by atoms with van der Waals surface area (Å²) in [5.41, 5.74) is 1.03. The summed E-state index contributed by atoms with van der Waals surface area (Å²) < 4.78 is 5.19. The Kier molecular flexibility index (Phi) is 5.12. The highest BCUT2D eigenvalue weighted by Crippen LogP contribution is 2.26. The standard InChI is InChI=1S/C16H15N3O4/c1-23-16-5-3-2-4-13(16)15(20)10-18-14-7-6-12(19(21)22)8-11(14)9-17/h2-8,15,18,20H,10H2,1H3/t15-/m0/s1. The fourth-order valence-electron chi connectivity index (χ4n) is 2.15. The molecule has 2 rings (SSSR count). The van der Waals surface area contributed by atoms with Crippen LogP contribution in [-0.4, -0.2) is 23.7 Å². The molecule has 7 heteroatoms. The van der Waals surface area contributed by atoms with Crippen LogP contribution in [0.15, 0.2) is 42.5 Å². The molecule has 0 aliphatic heterocycles. The molecule has 0 radical (unpaired) electrons. The molecule has 2 aromatic carbocycles. The van der Waals surface area contributed by atoms with Crippen LogP contribution in [0.3, 0.4) is 0 Å². The smallest absolute Gasteiger partial charge is 0.270 e. The maximum Gasteiger partial charge on any atom is 0.270 e. The van der Waals surface area contributed by atoms with Gasteiger partial charge in [-0.3, -0.25) is 10.1 Å². The molecule has 0 fully saturated rings. The Balaban J connectivity index is 2.14. The van der Waals surface area contributed by atoms with Crippen molar-refractivity contribution < 1.29 is 14.8 Å². The van der Waals surface area contributed by atoms with E-state index >= 15 is 0 Å². The monoisotopic (exact) mass is 313 g/mol. The van der Waals surface area contributed by atoms with E-state index in [9.17, 15) is 15.2 Å². The molecule has 0 aliphatic carbocycles. The topological polar surface area (TPSA) is 108 Å². The Morgan fingerprint density at radius 1 is 1.39 bits per heavy atom. The molecule has 2 aromatic rings. The maximum absolute atomic E-state index is 10.7. The normalized spacial score (nSPS) is 11.3. The van der Waals surface area contributed by atoms with Gasteiger partial charge in [-0.2, -0.15) is 5.26 Å². The van der Waals surface area contributed by atoms with Gasteiger partial charge >= 0.3 is 0 Å². The number of non-ortho nitro benzene ring substituents is 1. The molecule has 0 bridgehead atoms. The average molecular weight is 313 g/mol. The fraction of sp³-hybridized carbons (Fsp3) is 0.188. The van der Waals surface area contributed by atoms with Crippen molar-refractivity contribution in [3.05, 3.63) is 63.7 Å². The van der Waals surface area contributed by atoms with E-state index in [1.54, 1.807) is 24.3 Å². The molecule has 0 aromatic heterocycles. The molecule has 1 atom stereocenters. The lowest BCUT2D eigenvalue weighted by Gasteiger charge is -2.16. The molecular formula is C16H15N3O4. The van der Waals surface area contributed by atoms with Crippen molar-refractivity contribution in [2.75, 3.05) is 19.0 Å². The lowest BCUT2D eigenvalue weighted by Crippen LogP contribution is -2.13. The Morgan fingerprint density at radius 2 is 2.13 bits per heavy atom. The maximum atomic E-state index is 10.7. The molecule has 0 spiro atoms. The van der Waals surface area contributed by atoms with Gasteiger partial charge in [-0.05, 0) is 12.1 Å². The van der Waals surface area contributed by atoms with E-state index < -0.39 is 11.0 Å². The molecule has 0 aliphatic rings. The highest BCUT2D eigenvalue weighted by atomic mass is 16.6. The van der Waals surface area contributed by atoms with E-state index in [-0.39, 0.29) is 17.8 Å². The lowest BCUT2D eigenvalue weighted by atomic mass is 10.1. The summed E-state index contributed by atoms with van der Waals surface area (Å²) in [6, 6.07) is 12.9. The highest BCUT2D eigenvalue weighted by molar-refractivity contribution is 5.61. The molecule has 7 nitrogen and oxygen atoms in total. The summed E-state index contributed by atoms with van der Waals surface area (Å²) in [6.45, 7) is 0.132. The Bertz CT molecular complexity index is 755. The first-order valence-electron chi connectivity index (χ1n) is 6.80. The van der Waals surface area contributed by atoms with Gasteiger partial charge in [0.15, 0.2) is 0 Å². The summed E-state index contributed by atoms with van der Waals surface area (Å²) >= 11 is 0. The van der Waals surface area contributed by atoms with Crippen molar-refractivity contribution >= 4 is 11.4 Å². The van der Waals surface area contributed by atoms with Crippen molar-refractivity contribution in [3.8, 4) is 11.8 Å². The van der Waals surface area contributed by atoms with Gasteiger partial charge in [0, 0.05) is 24.2 Å². The van der Waals surface area contributed by atoms with Crippen molar-refractivity contribution in [2.45, 2.75) is 6.10 Å². The van der Waals surface area contributed by atoms with Crippen LogP contribution in [0, 0.1) is 21.4 Å². The summed E-state index contributed by atoms with van der Waals surface area (Å²) in [4.78, 5) is 10.2. The molecule has 23 heavy (non-hydrogen) atoms. The first kappa shape index (κ1) is 16.3. The third kappa shape index (κ3) is 3.75. The number of nitrogens with one attached hydrogen (secondary N) is 1. The van der Waals surface area contributed by atoms with Crippen LogP contribution in [0.5, 0.6) is 5.75 Å². The van der Waals surface area contributed by atoms with E-state index in [2.05, 4.69) is 5.32 Å². The average Bonchev–Trinajstić information content (AvgIpc) is 2.59. The van der Waals surface area contributed by atoms with Gasteiger partial charge in [-0.1, -0.05) is 18.2 Å². The minimum Gasteiger partial charge on any atom is -0.496 e. The largest absolute Gasteiger partial charge is 0.496 e. The number of anilines is 1. The zero-order valence-electron chi connectivity index (χ0n) is 12.4. The third-order valence-electron chi connectivity index (χ3n) is 3.32. The van der Waals surface area contributed by atoms with E-state index in [0.717, 1.165) is 0 Å². The number of hydrogen-bond acceptors (Lipinski definition) is 6. The number of aliphatic hydroxyl groups excluding tert-OH is 1. The number of hydrogen-bond donors (Lipinski definition) is 2. The van der Waals surface area contributed by atoms with Gasteiger partial charge in [-0.15, -0.1) is 0 Å². The number of nitro benzene ring substituents is 1. The van der Waals surface area contributed by atoms with Crippen LogP contribution >= 0.6 is 0 Å². The van der Waals surface area contributed by atoms with Gasteiger partial charge in [0.25, 0.3) is 5.69 Å². The summed E-state index contributed by atoms with van der Waals surface area (Å²) in [7, 11) is 1.52. The summed E-state index contributed by atoms with van der Waals surface area (Å²) in [5.74, 6) is 0.561. The van der Waals surface area contributed by atoms with E-state index in [0.29, 0.717) is 17.0 Å². The Hall–Kier alpha value is -3.11. The predicted octanol–water partition coefficient (Wildman–Crippen LogP) is 2.62. The van der Waals surface area contributed by atoms with Gasteiger partial charge in [0.05, 0.1) is 29.4 Å². The quantitative estimate of drug-likeness (QED) is 0.627. The van der Waals surface area contributed by atoms with Crippen LogP contribution in [-0.2, 0) is 0 Å². The van der Waals surface area contributed by atoms with Crippen LogP contribution in [0.25, 0.3) is 0 Å². The minimum atomic E-state index is -0.854. The molecule has 0 amide bonds. The number of nitrogens with zero attached hydrogens (tertiary/aromatic N) is 2. The second-order valence-corrected chi connectivity index (χ2v) is 4.74. The number of methoxy groups -OCH3 is 1. The number of nitriles is 1. The van der Waals surface area contributed by atoms with Crippen LogP contribution in [0.1, 0.15) is 17.2 Å². The molecule has 0 saturated heterocycles. The van der Waals surface area contributed by atoms with Gasteiger partial charge in [0.1, 0.15) is 11.8 Å². The number of ether oxygens (including phenoxy) is 1. The number of aliphatic hydroxyl groups is 1. The zero-order valence-corrected chi connectivity index (χ0v) is 12.4. The van der Waals surface area contributed by atoms with E-state index in [1.165, 1.54) is 25.3 Å². The van der Waals surface area contributed by atoms with E-state index in [4.69, 9.17) is 10.00 Å². The predicted molar refractivity (Wildman–Crippen MR) is 84.3 cm³/mol. The van der Waals surface area contributed by atoms with Crippen molar-refractivity contribution in [3.63, 3.8) is 0 Å². The minimum absolute atomic E-state index is 0.132. The second-order valence-electron chi connectivity index (χ2n) is 4.74. The van der Waals surface area contributed by atoms with Gasteiger partial charge in [0.2, 0.25) is 0 Å². The number of nitro groups is 1. The summed E-state index contributed by atoms with van der Waals surface area (Å²) in [6.07, 6.45) is -0.854. The molecule has 0 saturated carbocycles. The van der Waals surface area contributed by atoms with Gasteiger partial charge in [-0.25, -0.2) is 0 Å². The fourth-order valence-corrected chi connectivity index (χ4v) is 2.15. The van der Waals surface area contributed by atoms with Crippen molar-refractivity contribution in [1.82, 2.24) is 0 Å². The second kappa shape index (κ2) is 7.24. The molecule has 2 N–H and O–H groups in total. The first-order valence-corrected chi connectivity index (χ1v) is 6.80. The SMILES string of the molecule is COc1ccccc1[C@@H](O)CNc1ccc([N+](=O)[O-])cc1C#N.